The number of rotatable bonds is 6. The van der Waals surface area contributed by atoms with Crippen molar-refractivity contribution in [2.75, 3.05) is 6.61 Å². The number of imide groups is 1. The molecular formula is C21H24N2O3. The molecule has 0 bridgehead atoms. The minimum Gasteiger partial charge on any atom is -0.494 e. The van der Waals surface area contributed by atoms with Crippen molar-refractivity contribution in [3.05, 3.63) is 46.5 Å². The minimum absolute atomic E-state index is 0.0177. The summed E-state index contributed by atoms with van der Waals surface area (Å²) in [6, 6.07) is 9.04. The fourth-order valence-corrected chi connectivity index (χ4v) is 2.73. The quantitative estimate of drug-likeness (QED) is 0.443. The summed E-state index contributed by atoms with van der Waals surface area (Å²) < 4.78 is 5.64. The van der Waals surface area contributed by atoms with Gasteiger partial charge in [-0.15, -0.1) is 0 Å². The second kappa shape index (κ2) is 8.48. The molecule has 5 heteroatoms. The van der Waals surface area contributed by atoms with Gasteiger partial charge in [-0.25, -0.2) is 0 Å². The first kappa shape index (κ1) is 19.5. The monoisotopic (exact) mass is 352 g/mol. The molecule has 1 aliphatic heterocycles. The lowest BCUT2D eigenvalue weighted by Crippen LogP contribution is -2.46. The van der Waals surface area contributed by atoms with E-state index in [1.54, 1.807) is 26.8 Å². The number of unbranched alkanes of at least 4 members (excludes halogenated alkanes) is 1. The van der Waals surface area contributed by atoms with Crippen LogP contribution in [0.1, 0.15) is 46.1 Å². The lowest BCUT2D eigenvalue weighted by molar-refractivity contribution is -0.142. The average molecular weight is 352 g/mol. The molecule has 0 aliphatic carbocycles. The lowest BCUT2D eigenvalue weighted by atomic mass is 9.93. The molecule has 0 atom stereocenters. The van der Waals surface area contributed by atoms with E-state index in [4.69, 9.17) is 4.74 Å². The number of amides is 2. The largest absolute Gasteiger partial charge is 0.494 e. The standard InChI is InChI=1S/C21H24N2O3/c1-5-6-11-26-17-9-7-16(8-10-17)12-18-15(4)19(13-22)21(25)23(14(2)3)20(18)24/h7-10,12,14H,5-6,11H2,1-4H3/b18-12+. The smallest absolute Gasteiger partial charge is 0.271 e. The summed E-state index contributed by atoms with van der Waals surface area (Å²) in [6.07, 6.45) is 3.79. The first-order valence-corrected chi connectivity index (χ1v) is 8.84. The Hall–Kier alpha value is -2.87. The maximum Gasteiger partial charge on any atom is 0.271 e. The number of benzene rings is 1. The Balaban J connectivity index is 2.35. The molecule has 1 heterocycles. The SMILES string of the molecule is CCCCOc1ccc(/C=C2/C(=O)N(C(C)C)C(=O)C(C#N)=C2C)cc1. The van der Waals surface area contributed by atoms with Gasteiger partial charge in [-0.05, 0) is 56.5 Å². The summed E-state index contributed by atoms with van der Waals surface area (Å²) in [6.45, 7) is 7.93. The number of carbonyl (C=O) groups excluding carboxylic acids is 2. The summed E-state index contributed by atoms with van der Waals surface area (Å²) >= 11 is 0. The van der Waals surface area contributed by atoms with E-state index in [0.717, 1.165) is 29.1 Å². The first-order valence-electron chi connectivity index (χ1n) is 8.84. The molecule has 0 saturated carbocycles. The lowest BCUT2D eigenvalue weighted by Gasteiger charge is -2.30. The Morgan fingerprint density at radius 2 is 1.85 bits per heavy atom. The van der Waals surface area contributed by atoms with E-state index in [0.29, 0.717) is 17.8 Å². The highest BCUT2D eigenvalue weighted by molar-refractivity contribution is 6.19. The molecule has 2 amide bonds. The highest BCUT2D eigenvalue weighted by Crippen LogP contribution is 2.28. The third-order valence-corrected chi connectivity index (χ3v) is 4.25. The van der Waals surface area contributed by atoms with E-state index in [9.17, 15) is 14.9 Å². The number of carbonyl (C=O) groups is 2. The van der Waals surface area contributed by atoms with E-state index in [1.165, 1.54) is 0 Å². The number of ether oxygens (including phenoxy) is 1. The van der Waals surface area contributed by atoms with Crippen molar-refractivity contribution in [3.8, 4) is 11.8 Å². The predicted molar refractivity (Wildman–Crippen MR) is 100 cm³/mol. The van der Waals surface area contributed by atoms with Crippen LogP contribution in [0.2, 0.25) is 0 Å². The molecule has 136 valence electrons. The van der Waals surface area contributed by atoms with Gasteiger partial charge in [-0.3, -0.25) is 14.5 Å². The van der Waals surface area contributed by atoms with Crippen LogP contribution in [0, 0.1) is 11.3 Å². The van der Waals surface area contributed by atoms with Crippen LogP contribution in [-0.4, -0.2) is 29.4 Å². The Labute approximate surface area is 154 Å². The van der Waals surface area contributed by atoms with E-state index in [1.807, 2.05) is 30.3 Å². The van der Waals surface area contributed by atoms with Crippen LogP contribution in [0.4, 0.5) is 0 Å². The van der Waals surface area contributed by atoms with Crippen LogP contribution in [0.25, 0.3) is 6.08 Å². The first-order chi connectivity index (χ1) is 12.4. The van der Waals surface area contributed by atoms with Gasteiger partial charge < -0.3 is 4.74 Å². The van der Waals surface area contributed by atoms with E-state index < -0.39 is 5.91 Å². The van der Waals surface area contributed by atoms with Crippen molar-refractivity contribution in [1.29, 1.82) is 5.26 Å². The van der Waals surface area contributed by atoms with Crippen LogP contribution in [-0.2, 0) is 9.59 Å². The summed E-state index contributed by atoms with van der Waals surface area (Å²) in [5, 5.41) is 9.33. The van der Waals surface area contributed by atoms with Crippen molar-refractivity contribution >= 4 is 17.9 Å². The Bertz CT molecular complexity index is 796. The van der Waals surface area contributed by atoms with Gasteiger partial charge in [-0.1, -0.05) is 25.5 Å². The average Bonchev–Trinajstić information content (AvgIpc) is 2.60. The molecule has 0 aromatic heterocycles. The highest BCUT2D eigenvalue weighted by atomic mass is 16.5. The van der Waals surface area contributed by atoms with Crippen LogP contribution in [0.3, 0.4) is 0 Å². The van der Waals surface area contributed by atoms with Gasteiger partial charge in [0, 0.05) is 11.6 Å². The molecule has 1 aromatic rings. The normalized spacial score (nSPS) is 16.5. The Morgan fingerprint density at radius 3 is 2.38 bits per heavy atom. The fourth-order valence-electron chi connectivity index (χ4n) is 2.73. The number of hydrogen-bond donors (Lipinski definition) is 0. The topological polar surface area (TPSA) is 70.4 Å². The summed E-state index contributed by atoms with van der Waals surface area (Å²) in [5.74, 6) is -0.119. The maximum absolute atomic E-state index is 12.8. The number of hydrogen-bond acceptors (Lipinski definition) is 4. The molecule has 0 fully saturated rings. The van der Waals surface area contributed by atoms with Crippen molar-refractivity contribution in [2.24, 2.45) is 0 Å². The van der Waals surface area contributed by atoms with Gasteiger partial charge in [0.2, 0.25) is 0 Å². The molecule has 1 aliphatic rings. The van der Waals surface area contributed by atoms with Crippen molar-refractivity contribution in [2.45, 2.75) is 46.6 Å². The molecule has 5 nitrogen and oxygen atoms in total. The second-order valence-corrected chi connectivity index (χ2v) is 6.51. The molecular weight excluding hydrogens is 328 g/mol. The zero-order chi connectivity index (χ0) is 19.3. The Kier molecular flexibility index (Phi) is 6.35. The van der Waals surface area contributed by atoms with E-state index in [2.05, 4.69) is 6.92 Å². The summed E-state index contributed by atoms with van der Waals surface area (Å²) in [4.78, 5) is 26.3. The molecule has 0 N–H and O–H groups in total. The molecule has 1 aromatic carbocycles. The molecule has 26 heavy (non-hydrogen) atoms. The van der Waals surface area contributed by atoms with Crippen LogP contribution >= 0.6 is 0 Å². The summed E-state index contributed by atoms with van der Waals surface area (Å²) in [7, 11) is 0. The second-order valence-electron chi connectivity index (χ2n) is 6.51. The van der Waals surface area contributed by atoms with Gasteiger partial charge in [-0.2, -0.15) is 5.26 Å². The van der Waals surface area contributed by atoms with Crippen molar-refractivity contribution < 1.29 is 14.3 Å². The van der Waals surface area contributed by atoms with Gasteiger partial charge in [0.1, 0.15) is 17.4 Å². The third-order valence-electron chi connectivity index (χ3n) is 4.25. The number of nitrogens with zero attached hydrogens (tertiary/aromatic N) is 2. The predicted octanol–water partition coefficient (Wildman–Crippen LogP) is 3.87. The van der Waals surface area contributed by atoms with Crippen LogP contribution < -0.4 is 4.74 Å². The fraction of sp³-hybridized carbons (Fsp3) is 0.381. The van der Waals surface area contributed by atoms with Crippen molar-refractivity contribution in [3.63, 3.8) is 0 Å². The zero-order valence-corrected chi connectivity index (χ0v) is 15.7. The molecule has 0 radical (unpaired) electrons. The van der Waals surface area contributed by atoms with Crippen LogP contribution in [0.5, 0.6) is 5.75 Å². The zero-order valence-electron chi connectivity index (χ0n) is 15.7. The van der Waals surface area contributed by atoms with Gasteiger partial charge in [0.05, 0.1) is 6.61 Å². The maximum atomic E-state index is 12.8. The third kappa shape index (κ3) is 4.02. The minimum atomic E-state index is -0.526. The molecule has 0 saturated heterocycles. The molecule has 0 unspecified atom stereocenters. The van der Waals surface area contributed by atoms with Gasteiger partial charge in [0.25, 0.3) is 11.8 Å². The summed E-state index contributed by atoms with van der Waals surface area (Å²) in [5.41, 5.74) is 1.62. The van der Waals surface area contributed by atoms with Gasteiger partial charge in [0.15, 0.2) is 0 Å². The van der Waals surface area contributed by atoms with Crippen molar-refractivity contribution in [1.82, 2.24) is 4.90 Å². The van der Waals surface area contributed by atoms with Gasteiger partial charge >= 0.3 is 0 Å². The highest BCUT2D eigenvalue weighted by Gasteiger charge is 2.36. The number of nitriles is 1. The molecule has 0 spiro atoms. The molecule has 2 rings (SSSR count). The van der Waals surface area contributed by atoms with Crippen LogP contribution in [0.15, 0.2) is 41.0 Å². The van der Waals surface area contributed by atoms with E-state index in [-0.39, 0.29) is 17.5 Å². The Morgan fingerprint density at radius 1 is 1.19 bits per heavy atom. The van der Waals surface area contributed by atoms with E-state index >= 15 is 0 Å².